The predicted octanol–water partition coefficient (Wildman–Crippen LogP) is 5.86. The van der Waals surface area contributed by atoms with Crippen molar-refractivity contribution in [1.29, 1.82) is 0 Å². The van der Waals surface area contributed by atoms with Crippen molar-refractivity contribution in [2.75, 3.05) is 38.2 Å². The Balaban J connectivity index is 1.48. The van der Waals surface area contributed by atoms with Crippen LogP contribution in [0.2, 0.25) is 0 Å². The summed E-state index contributed by atoms with van der Waals surface area (Å²) in [6, 6.07) is 22.1. The number of fused-ring (bicyclic) bond motifs is 2. The average Bonchev–Trinajstić information content (AvgIpc) is 2.96. The minimum absolute atomic E-state index is 0.0331. The number of nitrogens with zero attached hydrogens (tertiary/aromatic N) is 3. The van der Waals surface area contributed by atoms with E-state index in [0.29, 0.717) is 35.7 Å². The molecule has 0 spiro atoms. The third kappa shape index (κ3) is 4.98. The van der Waals surface area contributed by atoms with Crippen LogP contribution in [-0.4, -0.2) is 61.0 Å². The lowest BCUT2D eigenvalue weighted by molar-refractivity contribution is 0.0597. The number of carbonyl (C=O) groups excluding carboxylic acids is 2. The summed E-state index contributed by atoms with van der Waals surface area (Å²) >= 11 is 0. The first-order valence-corrected chi connectivity index (χ1v) is 13.4. The van der Waals surface area contributed by atoms with Gasteiger partial charge in [-0.15, -0.1) is 0 Å². The second-order valence-corrected chi connectivity index (χ2v) is 9.77. The fraction of sp³-hybridized carbons (Fsp3) is 0.355. The molecule has 0 aromatic heterocycles. The molecule has 3 aromatic rings. The van der Waals surface area contributed by atoms with Gasteiger partial charge in [0, 0.05) is 44.3 Å². The number of hydrogen-bond acceptors (Lipinski definition) is 6. The highest BCUT2D eigenvalue weighted by Gasteiger charge is 2.35. The Hall–Kier alpha value is -3.84. The van der Waals surface area contributed by atoms with Crippen molar-refractivity contribution in [2.24, 2.45) is 0 Å². The first-order chi connectivity index (χ1) is 18.5. The summed E-state index contributed by atoms with van der Waals surface area (Å²) in [5.74, 6) is 0.581. The molecule has 0 N–H and O–H groups in total. The van der Waals surface area contributed by atoms with Crippen LogP contribution in [0.25, 0.3) is 0 Å². The predicted molar refractivity (Wildman–Crippen MR) is 148 cm³/mol. The normalized spacial score (nSPS) is 15.3. The monoisotopic (exact) mass is 513 g/mol. The van der Waals surface area contributed by atoms with Crippen molar-refractivity contribution in [2.45, 2.75) is 39.3 Å². The van der Waals surface area contributed by atoms with Crippen molar-refractivity contribution in [1.82, 2.24) is 9.80 Å². The number of para-hydroxylation sites is 1. The molecule has 0 radical (unpaired) electrons. The van der Waals surface area contributed by atoms with Crippen molar-refractivity contribution >= 4 is 23.3 Å². The topological polar surface area (TPSA) is 62.3 Å². The summed E-state index contributed by atoms with van der Waals surface area (Å²) in [4.78, 5) is 32.3. The number of benzene rings is 3. The highest BCUT2D eigenvalue weighted by Crippen LogP contribution is 2.50. The second kappa shape index (κ2) is 11.3. The molecule has 2 aliphatic rings. The smallest absolute Gasteiger partial charge is 0.341 e. The Bertz CT molecular complexity index is 1300. The number of likely N-dealkylation sites (tertiary alicyclic amines) is 1. The molecule has 38 heavy (non-hydrogen) atoms. The maximum absolute atomic E-state index is 13.1. The minimum atomic E-state index is -0.446. The number of hydrogen-bond donors (Lipinski definition) is 0. The van der Waals surface area contributed by atoms with Gasteiger partial charge < -0.3 is 19.3 Å². The number of esters is 1. The van der Waals surface area contributed by atoms with Crippen LogP contribution in [0.15, 0.2) is 66.7 Å². The van der Waals surface area contributed by atoms with Crippen molar-refractivity contribution < 1.29 is 19.1 Å². The number of carbonyl (C=O) groups is 2. The summed E-state index contributed by atoms with van der Waals surface area (Å²) in [6.07, 6.45) is 1.93. The summed E-state index contributed by atoms with van der Waals surface area (Å²) in [6.45, 7) is 8.09. The Morgan fingerprint density at radius 3 is 2.37 bits per heavy atom. The van der Waals surface area contributed by atoms with E-state index in [1.807, 2.05) is 50.2 Å². The Morgan fingerprint density at radius 2 is 1.68 bits per heavy atom. The molecule has 7 heteroatoms. The maximum Gasteiger partial charge on any atom is 0.341 e. The van der Waals surface area contributed by atoms with Gasteiger partial charge in [0.25, 0.3) is 5.91 Å². The summed E-state index contributed by atoms with van der Waals surface area (Å²) in [5.41, 5.74) is 4.04. The first-order valence-electron chi connectivity index (χ1n) is 13.4. The molecule has 2 heterocycles. The van der Waals surface area contributed by atoms with Gasteiger partial charge in [-0.2, -0.15) is 0 Å². The van der Waals surface area contributed by atoms with Gasteiger partial charge >= 0.3 is 5.97 Å². The molecule has 5 rings (SSSR count). The van der Waals surface area contributed by atoms with E-state index in [1.165, 1.54) is 12.7 Å². The van der Waals surface area contributed by atoms with E-state index >= 15 is 0 Å². The lowest BCUT2D eigenvalue weighted by Crippen LogP contribution is -2.43. The number of piperidine rings is 1. The van der Waals surface area contributed by atoms with Gasteiger partial charge in [-0.3, -0.25) is 9.69 Å². The summed E-state index contributed by atoms with van der Waals surface area (Å²) in [7, 11) is 1.37. The Kier molecular flexibility index (Phi) is 7.65. The molecule has 7 nitrogen and oxygen atoms in total. The zero-order valence-electron chi connectivity index (χ0n) is 22.4. The van der Waals surface area contributed by atoms with E-state index in [-0.39, 0.29) is 11.9 Å². The average molecular weight is 514 g/mol. The molecule has 1 saturated heterocycles. The largest absolute Gasteiger partial charge is 0.465 e. The van der Waals surface area contributed by atoms with Gasteiger partial charge in [0.1, 0.15) is 5.56 Å². The van der Waals surface area contributed by atoms with Crippen molar-refractivity contribution in [3.05, 3.63) is 83.4 Å². The number of amides is 1. The van der Waals surface area contributed by atoms with Gasteiger partial charge in [-0.05, 0) is 62.6 Å². The maximum atomic E-state index is 13.1. The molecule has 0 unspecified atom stereocenters. The number of methoxy groups -OCH3 is 1. The fourth-order valence-corrected chi connectivity index (χ4v) is 5.52. The standard InChI is InChI=1S/C31H35N3O4/c1-4-33(5-2)30(35)23-14-15-26-28(20-23)38-29-25(31(36)37-3)12-9-13-27(29)34(26)24-16-18-32(19-17-24)21-22-10-7-6-8-11-22/h6-15,20,24H,4-5,16-19,21H2,1-3H3. The number of anilines is 2. The van der Waals surface area contributed by atoms with Crippen LogP contribution < -0.4 is 9.64 Å². The van der Waals surface area contributed by atoms with E-state index in [9.17, 15) is 9.59 Å². The zero-order valence-corrected chi connectivity index (χ0v) is 22.4. The highest BCUT2D eigenvalue weighted by molar-refractivity contribution is 5.98. The van der Waals surface area contributed by atoms with Crippen LogP contribution in [0.4, 0.5) is 11.4 Å². The molecule has 1 fully saturated rings. The number of ether oxygens (including phenoxy) is 2. The van der Waals surface area contributed by atoms with Crippen LogP contribution >= 0.6 is 0 Å². The van der Waals surface area contributed by atoms with E-state index in [1.54, 1.807) is 11.0 Å². The van der Waals surface area contributed by atoms with Crippen LogP contribution in [-0.2, 0) is 11.3 Å². The highest BCUT2D eigenvalue weighted by atomic mass is 16.5. The first kappa shape index (κ1) is 25.8. The molecule has 0 bridgehead atoms. The van der Waals surface area contributed by atoms with Gasteiger partial charge in [0.05, 0.1) is 18.5 Å². The lowest BCUT2D eigenvalue weighted by Gasteiger charge is -2.43. The molecular weight excluding hydrogens is 478 g/mol. The molecular formula is C31H35N3O4. The molecule has 3 aromatic carbocycles. The van der Waals surface area contributed by atoms with Crippen LogP contribution in [0.1, 0.15) is 53.0 Å². The van der Waals surface area contributed by atoms with Gasteiger partial charge in [0.15, 0.2) is 11.5 Å². The minimum Gasteiger partial charge on any atom is -0.465 e. The van der Waals surface area contributed by atoms with E-state index in [0.717, 1.165) is 43.9 Å². The van der Waals surface area contributed by atoms with Crippen molar-refractivity contribution in [3.63, 3.8) is 0 Å². The lowest BCUT2D eigenvalue weighted by atomic mass is 9.98. The van der Waals surface area contributed by atoms with E-state index in [4.69, 9.17) is 9.47 Å². The van der Waals surface area contributed by atoms with Crippen molar-refractivity contribution in [3.8, 4) is 11.5 Å². The summed E-state index contributed by atoms with van der Waals surface area (Å²) < 4.78 is 11.4. The Labute approximate surface area is 224 Å². The summed E-state index contributed by atoms with van der Waals surface area (Å²) in [5, 5.41) is 0. The molecule has 1 amide bonds. The van der Waals surface area contributed by atoms with Crippen LogP contribution in [0.5, 0.6) is 11.5 Å². The quantitative estimate of drug-likeness (QED) is 0.369. The third-order valence-corrected chi connectivity index (χ3v) is 7.56. The fourth-order valence-electron chi connectivity index (χ4n) is 5.52. The van der Waals surface area contributed by atoms with Gasteiger partial charge in [-0.1, -0.05) is 36.4 Å². The molecule has 2 aliphatic heterocycles. The van der Waals surface area contributed by atoms with E-state index in [2.05, 4.69) is 34.1 Å². The third-order valence-electron chi connectivity index (χ3n) is 7.56. The van der Waals surface area contributed by atoms with Crippen LogP contribution in [0, 0.1) is 0 Å². The zero-order chi connectivity index (χ0) is 26.6. The van der Waals surface area contributed by atoms with Gasteiger partial charge in [-0.25, -0.2) is 4.79 Å². The second-order valence-electron chi connectivity index (χ2n) is 9.77. The number of rotatable bonds is 7. The molecule has 198 valence electrons. The SMILES string of the molecule is CCN(CC)C(=O)c1ccc2c(c1)Oc1c(C(=O)OC)cccc1N2C1CCN(Cc2ccccc2)CC1. The molecule has 0 atom stereocenters. The Morgan fingerprint density at radius 1 is 0.947 bits per heavy atom. The van der Waals surface area contributed by atoms with E-state index < -0.39 is 5.97 Å². The molecule has 0 aliphatic carbocycles. The van der Waals surface area contributed by atoms with Gasteiger partial charge in [0.2, 0.25) is 0 Å². The molecule has 0 saturated carbocycles. The van der Waals surface area contributed by atoms with Crippen LogP contribution in [0.3, 0.4) is 0 Å².